The van der Waals surface area contributed by atoms with Crippen molar-refractivity contribution in [3.05, 3.63) is 0 Å². The topological polar surface area (TPSA) is 58.9 Å². The molecule has 0 fully saturated rings. The van der Waals surface area contributed by atoms with Crippen molar-refractivity contribution in [2.24, 2.45) is 8.73 Å². The van der Waals surface area contributed by atoms with Crippen molar-refractivity contribution in [3.8, 4) is 0 Å². The smallest absolute Gasteiger partial charge is 0.194 e. The van der Waals surface area contributed by atoms with E-state index in [1.165, 1.54) is 0 Å². The summed E-state index contributed by atoms with van der Waals surface area (Å²) in [6, 6.07) is 0. The van der Waals surface area contributed by atoms with Crippen LogP contribution in [0.3, 0.4) is 0 Å². The van der Waals surface area contributed by atoms with Crippen LogP contribution in [0.25, 0.3) is 0 Å². The fraction of sp³-hybridized carbons (Fsp3) is 1.00. The van der Waals surface area contributed by atoms with Gasteiger partial charge in [0.15, 0.2) is 22.9 Å². The van der Waals surface area contributed by atoms with Crippen molar-refractivity contribution in [2.75, 3.05) is 13.1 Å². The standard InChI is InChI=1S/C3H6N2O2S2/c6-8-4-2-1-3-5-9-7/h1-3H2. The minimum Gasteiger partial charge on any atom is -0.194 e. The SMILES string of the molecule is O=S=NCCCN=S=O. The molecule has 4 nitrogen and oxygen atoms in total. The van der Waals surface area contributed by atoms with Gasteiger partial charge in [0.05, 0.1) is 13.1 Å². The monoisotopic (exact) mass is 166 g/mol. The van der Waals surface area contributed by atoms with E-state index in [0.29, 0.717) is 19.5 Å². The predicted molar refractivity (Wildman–Crippen MR) is 35.5 cm³/mol. The molecule has 0 bridgehead atoms. The lowest BCUT2D eigenvalue weighted by atomic mass is 10.4. The Morgan fingerprint density at radius 3 is 1.78 bits per heavy atom. The van der Waals surface area contributed by atoms with Gasteiger partial charge in [0, 0.05) is 0 Å². The van der Waals surface area contributed by atoms with E-state index in [9.17, 15) is 8.42 Å². The first-order valence-corrected chi connectivity index (χ1v) is 3.73. The Labute approximate surface area is 60.2 Å². The van der Waals surface area contributed by atoms with Gasteiger partial charge in [0.2, 0.25) is 0 Å². The average Bonchev–Trinajstić information content (AvgIpc) is 1.89. The van der Waals surface area contributed by atoms with E-state index in [2.05, 4.69) is 8.73 Å². The maximum Gasteiger partial charge on any atom is 0.199 e. The molecule has 0 aromatic rings. The van der Waals surface area contributed by atoms with Crippen molar-refractivity contribution in [1.29, 1.82) is 0 Å². The second-order valence-electron chi connectivity index (χ2n) is 1.21. The zero-order valence-corrected chi connectivity index (χ0v) is 6.28. The van der Waals surface area contributed by atoms with Gasteiger partial charge in [-0.25, -0.2) is 0 Å². The Morgan fingerprint density at radius 1 is 1.00 bits per heavy atom. The summed E-state index contributed by atoms with van der Waals surface area (Å²) >= 11 is 0.416. The number of hydrogen-bond donors (Lipinski definition) is 0. The Balaban J connectivity index is 3.09. The Hall–Kier alpha value is -0.360. The molecule has 0 amide bonds. The van der Waals surface area contributed by atoms with Crippen molar-refractivity contribution in [3.63, 3.8) is 0 Å². The molecule has 0 aliphatic carbocycles. The third-order valence-corrected chi connectivity index (χ3v) is 1.18. The summed E-state index contributed by atoms with van der Waals surface area (Å²) in [5.41, 5.74) is 0. The summed E-state index contributed by atoms with van der Waals surface area (Å²) in [5, 5.41) is 0. The summed E-state index contributed by atoms with van der Waals surface area (Å²) in [4.78, 5) is 0. The highest BCUT2D eigenvalue weighted by Gasteiger charge is 1.79. The molecular weight excluding hydrogens is 160 g/mol. The minimum absolute atomic E-state index is 0.208. The van der Waals surface area contributed by atoms with E-state index in [-0.39, 0.29) is 22.9 Å². The van der Waals surface area contributed by atoms with E-state index < -0.39 is 0 Å². The largest absolute Gasteiger partial charge is 0.199 e. The quantitative estimate of drug-likeness (QED) is 0.559. The van der Waals surface area contributed by atoms with Crippen molar-refractivity contribution >= 4 is 22.9 Å². The van der Waals surface area contributed by atoms with E-state index in [1.807, 2.05) is 0 Å². The van der Waals surface area contributed by atoms with Crippen LogP contribution >= 0.6 is 0 Å². The molecule has 0 saturated heterocycles. The number of rotatable bonds is 4. The lowest BCUT2D eigenvalue weighted by Crippen LogP contribution is -1.82. The van der Waals surface area contributed by atoms with Gasteiger partial charge in [0.1, 0.15) is 0 Å². The zero-order chi connectivity index (χ0) is 6.95. The molecule has 0 aromatic heterocycles. The second kappa shape index (κ2) is 7.64. The summed E-state index contributed by atoms with van der Waals surface area (Å²) in [6.45, 7) is 0.969. The summed E-state index contributed by atoms with van der Waals surface area (Å²) in [7, 11) is 0. The third-order valence-electron chi connectivity index (χ3n) is 0.604. The minimum atomic E-state index is 0.208. The van der Waals surface area contributed by atoms with E-state index >= 15 is 0 Å². The first-order valence-electron chi connectivity index (χ1n) is 2.33. The zero-order valence-electron chi connectivity index (χ0n) is 4.65. The maximum absolute atomic E-state index is 9.62. The van der Waals surface area contributed by atoms with Gasteiger partial charge in [-0.05, 0) is 6.42 Å². The normalized spacial score (nSPS) is 8.00. The Bertz CT molecular complexity index is 141. The van der Waals surface area contributed by atoms with Crippen molar-refractivity contribution in [1.82, 2.24) is 0 Å². The van der Waals surface area contributed by atoms with Crippen molar-refractivity contribution in [2.45, 2.75) is 6.42 Å². The highest BCUT2D eigenvalue weighted by Crippen LogP contribution is 1.79. The van der Waals surface area contributed by atoms with Crippen LogP contribution in [0.5, 0.6) is 0 Å². The predicted octanol–water partition coefficient (Wildman–Crippen LogP) is 0.170. The number of hydrogen-bond acceptors (Lipinski definition) is 4. The molecule has 0 atom stereocenters. The van der Waals surface area contributed by atoms with Gasteiger partial charge in [-0.1, -0.05) is 0 Å². The third kappa shape index (κ3) is 7.64. The molecule has 0 N–H and O–H groups in total. The first kappa shape index (κ1) is 8.64. The molecule has 0 rings (SSSR count). The van der Waals surface area contributed by atoms with Gasteiger partial charge < -0.3 is 0 Å². The van der Waals surface area contributed by atoms with E-state index in [0.717, 1.165) is 0 Å². The molecule has 0 spiro atoms. The van der Waals surface area contributed by atoms with Gasteiger partial charge in [-0.3, -0.25) is 0 Å². The second-order valence-corrected chi connectivity index (χ2v) is 2.02. The van der Waals surface area contributed by atoms with Gasteiger partial charge in [-0.15, -0.1) is 0 Å². The van der Waals surface area contributed by atoms with Gasteiger partial charge in [-0.2, -0.15) is 17.1 Å². The Kier molecular flexibility index (Phi) is 7.33. The van der Waals surface area contributed by atoms with Crippen LogP contribution < -0.4 is 0 Å². The van der Waals surface area contributed by atoms with Gasteiger partial charge in [0.25, 0.3) is 0 Å². The summed E-state index contributed by atoms with van der Waals surface area (Å²) < 4.78 is 26.1. The van der Waals surface area contributed by atoms with E-state index in [4.69, 9.17) is 0 Å². The first-order chi connectivity index (χ1) is 4.41. The molecule has 0 unspecified atom stereocenters. The molecule has 0 radical (unpaired) electrons. The van der Waals surface area contributed by atoms with Crippen LogP contribution in [0.1, 0.15) is 6.42 Å². The highest BCUT2D eigenvalue weighted by atomic mass is 32.1. The fourth-order valence-electron chi connectivity index (χ4n) is 0.274. The molecule has 9 heavy (non-hydrogen) atoms. The van der Waals surface area contributed by atoms with Gasteiger partial charge >= 0.3 is 0 Å². The lowest BCUT2D eigenvalue weighted by Gasteiger charge is -1.81. The summed E-state index contributed by atoms with van der Waals surface area (Å²) in [6.07, 6.45) is 0.685. The molecule has 0 saturated carbocycles. The summed E-state index contributed by atoms with van der Waals surface area (Å²) in [5.74, 6) is 0. The molecule has 0 heterocycles. The van der Waals surface area contributed by atoms with Crippen molar-refractivity contribution < 1.29 is 8.42 Å². The van der Waals surface area contributed by atoms with Crippen LogP contribution in [0, 0.1) is 0 Å². The highest BCUT2D eigenvalue weighted by molar-refractivity contribution is 7.54. The lowest BCUT2D eigenvalue weighted by molar-refractivity contribution is 0.694. The van der Waals surface area contributed by atoms with Crippen LogP contribution in [0.4, 0.5) is 0 Å². The molecular formula is C3H6N2O2S2. The molecule has 0 aliphatic heterocycles. The maximum atomic E-state index is 9.62. The average molecular weight is 166 g/mol. The van der Waals surface area contributed by atoms with E-state index in [1.54, 1.807) is 0 Å². The fourth-order valence-corrected chi connectivity index (χ4v) is 0.682. The number of nitrogens with zero attached hydrogens (tertiary/aromatic N) is 2. The molecule has 52 valence electrons. The van der Waals surface area contributed by atoms with Crippen LogP contribution in [0.15, 0.2) is 8.73 Å². The molecule has 0 aromatic carbocycles. The van der Waals surface area contributed by atoms with Crippen LogP contribution in [0.2, 0.25) is 0 Å². The molecule has 0 aliphatic rings. The van der Waals surface area contributed by atoms with Crippen LogP contribution in [-0.4, -0.2) is 21.5 Å². The molecule has 6 heteroatoms. The van der Waals surface area contributed by atoms with Crippen LogP contribution in [-0.2, 0) is 22.9 Å². The Morgan fingerprint density at radius 2 is 1.44 bits per heavy atom.